The Bertz CT molecular complexity index is 785. The summed E-state index contributed by atoms with van der Waals surface area (Å²) in [6.07, 6.45) is 2.15. The molecule has 1 heterocycles. The Labute approximate surface area is 156 Å². The van der Waals surface area contributed by atoms with Crippen molar-refractivity contribution in [2.75, 3.05) is 31.7 Å². The number of halogens is 2. The number of benzene rings is 1. The fourth-order valence-electron chi connectivity index (χ4n) is 2.71. The van der Waals surface area contributed by atoms with Gasteiger partial charge in [0.1, 0.15) is 6.04 Å². The highest BCUT2D eigenvalue weighted by atomic mass is 35.5. The minimum atomic E-state index is -3.46. The van der Waals surface area contributed by atoms with Crippen LogP contribution < -0.4 is 5.32 Å². The highest BCUT2D eigenvalue weighted by molar-refractivity contribution is 7.88. The lowest BCUT2D eigenvalue weighted by Crippen LogP contribution is -2.47. The van der Waals surface area contributed by atoms with Crippen molar-refractivity contribution in [2.45, 2.75) is 18.9 Å². The Morgan fingerprint density at radius 1 is 1.32 bits per heavy atom. The number of anilines is 1. The van der Waals surface area contributed by atoms with Crippen molar-refractivity contribution < 1.29 is 18.0 Å². The second-order valence-electron chi connectivity index (χ2n) is 5.90. The number of carbonyl (C=O) groups excluding carboxylic acids is 2. The third-order valence-corrected chi connectivity index (χ3v) is 5.90. The number of nitrogens with one attached hydrogen (secondary N) is 1. The number of amides is 2. The second kappa shape index (κ2) is 7.90. The summed E-state index contributed by atoms with van der Waals surface area (Å²) in [5.74, 6) is -0.814. The summed E-state index contributed by atoms with van der Waals surface area (Å²) >= 11 is 11.7. The standard InChI is InChI=1S/C15H19Cl2N3O4S/c1-19(15(22)13-4-3-7-20(13)25(2,23)24)9-14(21)18-10-5-6-11(16)12(17)8-10/h5-6,8,13H,3-4,7,9H2,1-2H3,(H,18,21). The molecule has 1 aliphatic rings. The van der Waals surface area contributed by atoms with Gasteiger partial charge in [0.05, 0.1) is 22.8 Å². The van der Waals surface area contributed by atoms with Crippen LogP contribution in [0.2, 0.25) is 10.0 Å². The van der Waals surface area contributed by atoms with Crippen molar-refractivity contribution >= 4 is 50.7 Å². The van der Waals surface area contributed by atoms with E-state index < -0.39 is 27.9 Å². The van der Waals surface area contributed by atoms with Gasteiger partial charge in [-0.1, -0.05) is 23.2 Å². The summed E-state index contributed by atoms with van der Waals surface area (Å²) < 4.78 is 24.7. The molecule has 138 valence electrons. The van der Waals surface area contributed by atoms with Gasteiger partial charge in [-0.2, -0.15) is 4.31 Å². The average Bonchev–Trinajstić information content (AvgIpc) is 2.99. The van der Waals surface area contributed by atoms with Gasteiger partial charge < -0.3 is 10.2 Å². The molecule has 0 aliphatic carbocycles. The lowest BCUT2D eigenvalue weighted by Gasteiger charge is -2.26. The molecule has 1 aromatic carbocycles. The van der Waals surface area contributed by atoms with E-state index in [9.17, 15) is 18.0 Å². The summed E-state index contributed by atoms with van der Waals surface area (Å²) in [6, 6.07) is 3.90. The van der Waals surface area contributed by atoms with E-state index in [1.807, 2.05) is 0 Å². The van der Waals surface area contributed by atoms with Gasteiger partial charge in [0, 0.05) is 19.3 Å². The molecule has 0 radical (unpaired) electrons. The van der Waals surface area contributed by atoms with Crippen molar-refractivity contribution in [3.63, 3.8) is 0 Å². The maximum absolute atomic E-state index is 12.5. The minimum Gasteiger partial charge on any atom is -0.335 e. The molecule has 25 heavy (non-hydrogen) atoms. The molecule has 0 bridgehead atoms. The topological polar surface area (TPSA) is 86.8 Å². The maximum Gasteiger partial charge on any atom is 0.243 e. The first-order valence-corrected chi connectivity index (χ1v) is 10.2. The van der Waals surface area contributed by atoms with Crippen LogP contribution in [-0.4, -0.2) is 61.9 Å². The predicted molar refractivity (Wildman–Crippen MR) is 97.3 cm³/mol. The van der Waals surface area contributed by atoms with Crippen LogP contribution in [0, 0.1) is 0 Å². The minimum absolute atomic E-state index is 0.201. The highest BCUT2D eigenvalue weighted by Crippen LogP contribution is 2.25. The number of hydrogen-bond donors (Lipinski definition) is 1. The van der Waals surface area contributed by atoms with Crippen LogP contribution in [-0.2, 0) is 19.6 Å². The van der Waals surface area contributed by atoms with Crippen molar-refractivity contribution in [2.24, 2.45) is 0 Å². The number of likely N-dealkylation sites (N-methyl/N-ethyl adjacent to an activating group) is 1. The normalized spacial score (nSPS) is 18.2. The predicted octanol–water partition coefficient (Wildman–Crippen LogP) is 1.81. The summed E-state index contributed by atoms with van der Waals surface area (Å²) in [7, 11) is -1.99. The Balaban J connectivity index is 1.98. The Kier molecular flexibility index (Phi) is 6.31. The fraction of sp³-hybridized carbons (Fsp3) is 0.467. The molecule has 1 unspecified atom stereocenters. The van der Waals surface area contributed by atoms with E-state index in [0.29, 0.717) is 35.1 Å². The van der Waals surface area contributed by atoms with E-state index in [1.54, 1.807) is 12.1 Å². The third kappa shape index (κ3) is 5.07. The van der Waals surface area contributed by atoms with E-state index >= 15 is 0 Å². The first kappa shape index (κ1) is 20.0. The number of nitrogens with zero attached hydrogens (tertiary/aromatic N) is 2. The maximum atomic E-state index is 12.5. The number of sulfonamides is 1. The van der Waals surface area contributed by atoms with Gasteiger partial charge in [0.15, 0.2) is 0 Å². The van der Waals surface area contributed by atoms with Gasteiger partial charge in [0.2, 0.25) is 21.8 Å². The Morgan fingerprint density at radius 2 is 2.00 bits per heavy atom. The SMILES string of the molecule is CN(CC(=O)Nc1ccc(Cl)c(Cl)c1)C(=O)C1CCCN1S(C)(=O)=O. The zero-order valence-electron chi connectivity index (χ0n) is 13.8. The van der Waals surface area contributed by atoms with E-state index in [1.165, 1.54) is 22.3 Å². The zero-order valence-corrected chi connectivity index (χ0v) is 16.2. The quantitative estimate of drug-likeness (QED) is 0.805. The molecule has 0 aromatic heterocycles. The van der Waals surface area contributed by atoms with Crippen molar-refractivity contribution in [3.05, 3.63) is 28.2 Å². The average molecular weight is 408 g/mol. The van der Waals surface area contributed by atoms with Crippen LogP contribution in [0.15, 0.2) is 18.2 Å². The van der Waals surface area contributed by atoms with Gasteiger partial charge in [0.25, 0.3) is 0 Å². The Hall–Kier alpha value is -1.35. The number of carbonyl (C=O) groups is 2. The zero-order chi connectivity index (χ0) is 18.8. The van der Waals surface area contributed by atoms with Crippen LogP contribution in [0.5, 0.6) is 0 Å². The van der Waals surface area contributed by atoms with E-state index in [2.05, 4.69) is 5.32 Å². The molecule has 10 heteroatoms. The third-order valence-electron chi connectivity index (χ3n) is 3.88. The molecule has 1 atom stereocenters. The molecule has 2 rings (SSSR count). The summed E-state index contributed by atoms with van der Waals surface area (Å²) in [5.41, 5.74) is 0.457. The first-order valence-electron chi connectivity index (χ1n) is 7.56. The Morgan fingerprint density at radius 3 is 2.60 bits per heavy atom. The highest BCUT2D eigenvalue weighted by Gasteiger charge is 2.38. The van der Waals surface area contributed by atoms with Gasteiger partial charge in [-0.25, -0.2) is 8.42 Å². The number of rotatable bonds is 5. The van der Waals surface area contributed by atoms with Crippen molar-refractivity contribution in [3.8, 4) is 0 Å². The number of hydrogen-bond acceptors (Lipinski definition) is 4. The fourth-order valence-corrected chi connectivity index (χ4v) is 4.12. The lowest BCUT2D eigenvalue weighted by molar-refractivity contribution is -0.136. The molecular weight excluding hydrogens is 389 g/mol. The van der Waals surface area contributed by atoms with Gasteiger partial charge >= 0.3 is 0 Å². The monoisotopic (exact) mass is 407 g/mol. The lowest BCUT2D eigenvalue weighted by atomic mass is 10.2. The van der Waals surface area contributed by atoms with Crippen LogP contribution >= 0.6 is 23.2 Å². The molecule has 2 amide bonds. The van der Waals surface area contributed by atoms with Gasteiger partial charge in [-0.3, -0.25) is 9.59 Å². The van der Waals surface area contributed by atoms with E-state index in [0.717, 1.165) is 6.26 Å². The van der Waals surface area contributed by atoms with E-state index in [4.69, 9.17) is 23.2 Å². The summed E-state index contributed by atoms with van der Waals surface area (Å²) in [6.45, 7) is 0.117. The first-order chi connectivity index (χ1) is 11.6. The molecular formula is C15H19Cl2N3O4S. The summed E-state index contributed by atoms with van der Waals surface area (Å²) in [5, 5.41) is 3.29. The van der Waals surface area contributed by atoms with Crippen LogP contribution in [0.4, 0.5) is 5.69 Å². The van der Waals surface area contributed by atoms with Gasteiger partial charge in [-0.05, 0) is 31.0 Å². The van der Waals surface area contributed by atoms with Crippen molar-refractivity contribution in [1.82, 2.24) is 9.21 Å². The van der Waals surface area contributed by atoms with E-state index in [-0.39, 0.29) is 6.54 Å². The summed E-state index contributed by atoms with van der Waals surface area (Å²) in [4.78, 5) is 25.8. The molecule has 7 nitrogen and oxygen atoms in total. The molecule has 1 aromatic rings. The smallest absolute Gasteiger partial charge is 0.243 e. The molecule has 0 spiro atoms. The molecule has 1 aliphatic heterocycles. The van der Waals surface area contributed by atoms with Gasteiger partial charge in [-0.15, -0.1) is 0 Å². The molecule has 0 saturated carbocycles. The van der Waals surface area contributed by atoms with Crippen LogP contribution in [0.3, 0.4) is 0 Å². The van der Waals surface area contributed by atoms with Crippen molar-refractivity contribution in [1.29, 1.82) is 0 Å². The molecule has 1 saturated heterocycles. The molecule has 1 N–H and O–H groups in total. The largest absolute Gasteiger partial charge is 0.335 e. The second-order valence-corrected chi connectivity index (χ2v) is 8.65. The molecule has 1 fully saturated rings. The van der Waals surface area contributed by atoms with Crippen LogP contribution in [0.25, 0.3) is 0 Å². The van der Waals surface area contributed by atoms with Crippen LogP contribution in [0.1, 0.15) is 12.8 Å².